The third-order valence-corrected chi connectivity index (χ3v) is 18.6. The first kappa shape index (κ1) is 71.6. The number of rotatable bonds is 0. The van der Waals surface area contributed by atoms with Gasteiger partial charge in [0.05, 0.1) is 0 Å². The van der Waals surface area contributed by atoms with Crippen LogP contribution < -0.4 is 0 Å². The second-order valence-corrected chi connectivity index (χ2v) is 26.2. The Morgan fingerprint density at radius 2 is 0.438 bits per heavy atom. The second kappa shape index (κ2) is 38.2. The molecule has 8 aliphatic heterocycles. The lowest BCUT2D eigenvalue weighted by Gasteiger charge is -2.32. The van der Waals surface area contributed by atoms with Gasteiger partial charge in [-0.2, -0.15) is 0 Å². The molecule has 8 atom stereocenters. The standard InChI is InChI=1S/C9H19N.C9H17N.2C8H17N.2C8H15N.C7H15N.C7H13N.CH4/c2*1-8-4-6-10(3)7-5-9(8)2;4*1-7-4-5-9(3)6-8(7)2;2*1-6-4-8(3)5-7(6)2;/h8-9H,4-7H2,1-3H3;4-7H2,1-3H3;2*7-8H,4-6H2,1-3H3;2*4-6H2,1-3H3;6-7H,4-5H2,1-3H3;4-5H2,1-3H3;1H4. The topological polar surface area (TPSA) is 25.9 Å². The van der Waals surface area contributed by atoms with Crippen LogP contribution in [0.5, 0.6) is 0 Å². The van der Waals surface area contributed by atoms with Crippen molar-refractivity contribution in [2.45, 2.75) is 170 Å². The molecule has 73 heavy (non-hydrogen) atoms. The van der Waals surface area contributed by atoms with E-state index in [1.165, 1.54) is 156 Å². The van der Waals surface area contributed by atoms with Crippen molar-refractivity contribution in [2.75, 3.05) is 161 Å². The fraction of sp³-hybridized carbons (Fsp3) is 0.877. The minimum atomic E-state index is 0. The van der Waals surface area contributed by atoms with Gasteiger partial charge in [-0.05, 0) is 237 Å². The summed E-state index contributed by atoms with van der Waals surface area (Å²) < 4.78 is 0. The fourth-order valence-electron chi connectivity index (χ4n) is 10.7. The highest BCUT2D eigenvalue weighted by Crippen LogP contribution is 2.24. The van der Waals surface area contributed by atoms with Crippen molar-refractivity contribution in [1.82, 2.24) is 39.2 Å². The molecule has 0 radical (unpaired) electrons. The quantitative estimate of drug-likeness (QED) is 0.222. The van der Waals surface area contributed by atoms with Crippen LogP contribution in [0, 0.1) is 47.3 Å². The van der Waals surface area contributed by atoms with E-state index in [9.17, 15) is 0 Å². The van der Waals surface area contributed by atoms with Gasteiger partial charge in [-0.3, -0.25) is 4.90 Å². The molecule has 8 aliphatic rings. The molecule has 8 heterocycles. The van der Waals surface area contributed by atoms with E-state index in [-0.39, 0.29) is 7.43 Å². The van der Waals surface area contributed by atoms with Crippen LogP contribution in [0.4, 0.5) is 0 Å². The first-order chi connectivity index (χ1) is 33.6. The van der Waals surface area contributed by atoms with Crippen LogP contribution >= 0.6 is 0 Å². The predicted octanol–water partition coefficient (Wildman–Crippen LogP) is 13.6. The second-order valence-electron chi connectivity index (χ2n) is 26.2. The fourth-order valence-corrected chi connectivity index (χ4v) is 10.7. The maximum absolute atomic E-state index is 2.44. The minimum Gasteiger partial charge on any atom is -0.306 e. The van der Waals surface area contributed by atoms with E-state index >= 15 is 0 Å². The maximum Gasteiger partial charge on any atom is 0.0193 e. The van der Waals surface area contributed by atoms with Crippen molar-refractivity contribution in [3.8, 4) is 0 Å². The molecule has 8 nitrogen and oxygen atoms in total. The van der Waals surface area contributed by atoms with Gasteiger partial charge in [0.1, 0.15) is 0 Å². The summed E-state index contributed by atoms with van der Waals surface area (Å²) in [6, 6.07) is 0. The summed E-state index contributed by atoms with van der Waals surface area (Å²) in [5.41, 5.74) is 12.6. The average Bonchev–Trinajstić information content (AvgIpc) is 3.67. The van der Waals surface area contributed by atoms with Crippen molar-refractivity contribution >= 4 is 0 Å². The lowest BCUT2D eigenvalue weighted by Crippen LogP contribution is -2.35. The summed E-state index contributed by atoms with van der Waals surface area (Å²) in [5, 5.41) is 0. The molecule has 8 rings (SSSR count). The summed E-state index contributed by atoms with van der Waals surface area (Å²) in [5.74, 6) is 7.41. The molecule has 0 aromatic carbocycles. The number of likely N-dealkylation sites (N-methyl/N-ethyl adjacent to an activating group) is 3. The number of piperidine rings is 2. The molecule has 0 saturated carbocycles. The third-order valence-electron chi connectivity index (χ3n) is 18.6. The smallest absolute Gasteiger partial charge is 0.0193 e. The Kier molecular flexibility index (Phi) is 37.5. The van der Waals surface area contributed by atoms with Crippen molar-refractivity contribution in [2.24, 2.45) is 47.3 Å². The Bertz CT molecular complexity index is 1490. The van der Waals surface area contributed by atoms with Crippen LogP contribution in [0.2, 0.25) is 0 Å². The number of hydrogen-bond acceptors (Lipinski definition) is 8. The Hall–Kier alpha value is -1.36. The average molecular weight is 1030 g/mol. The van der Waals surface area contributed by atoms with E-state index in [1.807, 2.05) is 0 Å². The van der Waals surface area contributed by atoms with Crippen LogP contribution in [-0.4, -0.2) is 200 Å². The van der Waals surface area contributed by atoms with E-state index in [0.717, 1.165) is 47.3 Å². The number of nitrogens with zero attached hydrogens (tertiary/aromatic N) is 8. The van der Waals surface area contributed by atoms with E-state index in [4.69, 9.17) is 0 Å². The first-order valence-electron chi connectivity index (χ1n) is 29.7. The Labute approximate surface area is 459 Å². The van der Waals surface area contributed by atoms with Gasteiger partial charge in [-0.25, -0.2) is 0 Å². The summed E-state index contributed by atoms with van der Waals surface area (Å²) in [6.07, 6.45) is 10.6. The van der Waals surface area contributed by atoms with Crippen molar-refractivity contribution in [3.05, 3.63) is 44.6 Å². The molecule has 0 bridgehead atoms. The van der Waals surface area contributed by atoms with Gasteiger partial charge in [-0.15, -0.1) is 0 Å². The molecule has 0 aromatic rings. The maximum atomic E-state index is 2.44. The van der Waals surface area contributed by atoms with Crippen LogP contribution in [0.25, 0.3) is 0 Å². The lowest BCUT2D eigenvalue weighted by molar-refractivity contribution is 0.166. The molecule has 0 spiro atoms. The highest BCUT2D eigenvalue weighted by atomic mass is 15.1. The molecule has 4 saturated heterocycles. The molecule has 0 amide bonds. The first-order valence-corrected chi connectivity index (χ1v) is 29.7. The minimum absolute atomic E-state index is 0. The van der Waals surface area contributed by atoms with Gasteiger partial charge in [0.25, 0.3) is 0 Å². The molecule has 0 aromatic heterocycles. The Morgan fingerprint density at radius 3 is 0.671 bits per heavy atom. The highest BCUT2D eigenvalue weighted by molar-refractivity contribution is 5.18. The summed E-state index contributed by atoms with van der Waals surface area (Å²) in [6.45, 7) is 56.7. The highest BCUT2D eigenvalue weighted by Gasteiger charge is 2.23. The molecule has 8 heteroatoms. The van der Waals surface area contributed by atoms with Gasteiger partial charge in [0, 0.05) is 78.5 Å². The molecule has 4 fully saturated rings. The third kappa shape index (κ3) is 31.6. The van der Waals surface area contributed by atoms with Gasteiger partial charge in [0.2, 0.25) is 0 Å². The van der Waals surface area contributed by atoms with Gasteiger partial charge in [0.15, 0.2) is 0 Å². The lowest BCUT2D eigenvalue weighted by atomic mass is 9.89. The zero-order chi connectivity index (χ0) is 54.8. The molecule has 432 valence electrons. The van der Waals surface area contributed by atoms with Gasteiger partial charge >= 0.3 is 0 Å². The van der Waals surface area contributed by atoms with Crippen LogP contribution in [0.3, 0.4) is 0 Å². The number of hydrogen-bond donors (Lipinski definition) is 0. The predicted molar refractivity (Wildman–Crippen MR) is 330 cm³/mol. The van der Waals surface area contributed by atoms with E-state index in [2.05, 4.69) is 206 Å². The Morgan fingerprint density at radius 1 is 0.233 bits per heavy atom. The van der Waals surface area contributed by atoms with Crippen molar-refractivity contribution in [1.29, 1.82) is 0 Å². The summed E-state index contributed by atoms with van der Waals surface area (Å²) in [7, 11) is 17.5. The van der Waals surface area contributed by atoms with Gasteiger partial charge in [-0.1, -0.05) is 107 Å². The van der Waals surface area contributed by atoms with Crippen molar-refractivity contribution in [3.63, 3.8) is 0 Å². The number of likely N-dealkylation sites (tertiary alicyclic amines) is 4. The largest absolute Gasteiger partial charge is 0.306 e. The van der Waals surface area contributed by atoms with Crippen LogP contribution in [-0.2, 0) is 0 Å². The van der Waals surface area contributed by atoms with E-state index < -0.39 is 0 Å². The molecule has 8 unspecified atom stereocenters. The Balaban J connectivity index is 0.000000811. The van der Waals surface area contributed by atoms with Crippen molar-refractivity contribution < 1.29 is 0 Å². The molecule has 0 aliphatic carbocycles. The molecule has 0 N–H and O–H groups in total. The zero-order valence-corrected chi connectivity index (χ0v) is 53.2. The van der Waals surface area contributed by atoms with Gasteiger partial charge < -0.3 is 34.3 Å². The summed E-state index contributed by atoms with van der Waals surface area (Å²) >= 11 is 0. The van der Waals surface area contributed by atoms with E-state index in [1.54, 1.807) is 44.6 Å². The van der Waals surface area contributed by atoms with E-state index in [0.29, 0.717) is 0 Å². The normalized spacial score (nSPS) is 30.6. The zero-order valence-electron chi connectivity index (χ0n) is 53.2. The van der Waals surface area contributed by atoms with Crippen LogP contribution in [0.15, 0.2) is 44.6 Å². The van der Waals surface area contributed by atoms with Crippen LogP contribution in [0.1, 0.15) is 170 Å². The monoisotopic (exact) mass is 1030 g/mol. The SMILES string of the molecule is C.CC1=C(C)CCN(C)CC1.CC1=C(C)CN(C)C1.CC1=C(C)CN(C)CC1.CC1=C(C)CN(C)CC1.CC1CCN(C)CC1C.CC1CCN(C)CC1C.CC1CCN(C)CCC1C.CC1CN(C)CC1C. The summed E-state index contributed by atoms with van der Waals surface area (Å²) in [4.78, 5) is 19.1. The molecular weight excluding hydrogens is 893 g/mol. The molecular formula is C65H132N8.